The van der Waals surface area contributed by atoms with Gasteiger partial charge >= 0.3 is 5.97 Å². The Balaban J connectivity index is 2.00. The summed E-state index contributed by atoms with van der Waals surface area (Å²) in [4.78, 5) is 26.7. The summed E-state index contributed by atoms with van der Waals surface area (Å²) in [6.45, 7) is 7.38. The van der Waals surface area contributed by atoms with Crippen LogP contribution in [0.25, 0.3) is 0 Å². The van der Waals surface area contributed by atoms with Gasteiger partial charge in [0, 0.05) is 18.8 Å². The summed E-state index contributed by atoms with van der Waals surface area (Å²) in [5.74, 6) is -1.07. The molecule has 0 bridgehead atoms. The van der Waals surface area contributed by atoms with Crippen LogP contribution in [0.1, 0.15) is 36.7 Å². The average Bonchev–Trinajstić information content (AvgIpc) is 2.69. The molecule has 2 aromatic carbocycles. The molecule has 0 aliphatic carbocycles. The van der Waals surface area contributed by atoms with Gasteiger partial charge < -0.3 is 15.0 Å². The number of benzene rings is 2. The number of carbonyl (C=O) groups excluding carboxylic acids is 2. The van der Waals surface area contributed by atoms with E-state index < -0.39 is 18.0 Å². The molecule has 0 aliphatic heterocycles. The van der Waals surface area contributed by atoms with Gasteiger partial charge in [0.2, 0.25) is 0 Å². The molecule has 1 N–H and O–H groups in total. The van der Waals surface area contributed by atoms with E-state index in [1.807, 2.05) is 18.2 Å². The highest BCUT2D eigenvalue weighted by Gasteiger charge is 2.20. The molecule has 0 fully saturated rings. The SMILES string of the molecule is CCN(CC)c1ccc(C(=O)O[C@H](C)C(=O)Nc2ccccc2C#N)cc1. The van der Waals surface area contributed by atoms with E-state index in [9.17, 15) is 9.59 Å². The second kappa shape index (κ2) is 9.39. The molecule has 2 aromatic rings. The number of rotatable bonds is 7. The van der Waals surface area contributed by atoms with E-state index in [2.05, 4.69) is 24.1 Å². The molecule has 140 valence electrons. The minimum Gasteiger partial charge on any atom is -0.449 e. The van der Waals surface area contributed by atoms with Crippen LogP contribution < -0.4 is 10.2 Å². The van der Waals surface area contributed by atoms with E-state index in [-0.39, 0.29) is 0 Å². The van der Waals surface area contributed by atoms with Crippen LogP contribution in [0.15, 0.2) is 48.5 Å². The lowest BCUT2D eigenvalue weighted by molar-refractivity contribution is -0.123. The van der Waals surface area contributed by atoms with Crippen molar-refractivity contribution >= 4 is 23.3 Å². The third-order valence-corrected chi connectivity index (χ3v) is 4.19. The molecule has 0 spiro atoms. The van der Waals surface area contributed by atoms with Crippen LogP contribution >= 0.6 is 0 Å². The van der Waals surface area contributed by atoms with Gasteiger partial charge in [-0.25, -0.2) is 4.79 Å². The molecule has 6 nitrogen and oxygen atoms in total. The Bertz CT molecular complexity index is 836. The molecule has 0 saturated heterocycles. The highest BCUT2D eigenvalue weighted by molar-refractivity contribution is 5.98. The Kier molecular flexibility index (Phi) is 6.95. The Hall–Kier alpha value is -3.33. The zero-order chi connectivity index (χ0) is 19.8. The van der Waals surface area contributed by atoms with Crippen LogP contribution in [-0.4, -0.2) is 31.1 Å². The molecule has 0 saturated carbocycles. The fourth-order valence-electron chi connectivity index (χ4n) is 2.60. The standard InChI is InChI=1S/C21H23N3O3/c1-4-24(5-2)18-12-10-16(11-13-18)21(26)27-15(3)20(25)23-19-9-7-6-8-17(19)14-22/h6-13,15H,4-5H2,1-3H3,(H,23,25)/t15-/m1/s1. The maximum absolute atomic E-state index is 12.3. The molecule has 0 aliphatic rings. The number of hydrogen-bond donors (Lipinski definition) is 1. The number of nitriles is 1. The Morgan fingerprint density at radius 3 is 2.33 bits per heavy atom. The molecule has 0 aromatic heterocycles. The summed E-state index contributed by atoms with van der Waals surface area (Å²) in [5, 5.41) is 11.7. The molecule has 0 heterocycles. The first-order valence-corrected chi connectivity index (χ1v) is 8.86. The van der Waals surface area contributed by atoms with E-state index in [1.165, 1.54) is 6.92 Å². The predicted octanol–water partition coefficient (Wildman–Crippen LogP) is 3.59. The Morgan fingerprint density at radius 2 is 1.74 bits per heavy atom. The number of nitrogens with one attached hydrogen (secondary N) is 1. The molecule has 6 heteroatoms. The van der Waals surface area contributed by atoms with Gasteiger partial charge in [-0.05, 0) is 57.2 Å². The van der Waals surface area contributed by atoms with Crippen LogP contribution in [-0.2, 0) is 9.53 Å². The average molecular weight is 365 g/mol. The molecule has 0 unspecified atom stereocenters. The second-order valence-electron chi connectivity index (χ2n) is 5.91. The maximum Gasteiger partial charge on any atom is 0.338 e. The third-order valence-electron chi connectivity index (χ3n) is 4.19. The summed E-state index contributed by atoms with van der Waals surface area (Å²) < 4.78 is 5.25. The lowest BCUT2D eigenvalue weighted by Crippen LogP contribution is -2.30. The number of anilines is 2. The van der Waals surface area contributed by atoms with Crippen LogP contribution in [0.2, 0.25) is 0 Å². The van der Waals surface area contributed by atoms with Gasteiger partial charge in [0.25, 0.3) is 5.91 Å². The topological polar surface area (TPSA) is 82.4 Å². The lowest BCUT2D eigenvalue weighted by atomic mass is 10.2. The first-order valence-electron chi connectivity index (χ1n) is 8.86. The van der Waals surface area contributed by atoms with Crippen LogP contribution in [0.3, 0.4) is 0 Å². The zero-order valence-corrected chi connectivity index (χ0v) is 15.7. The molecule has 27 heavy (non-hydrogen) atoms. The highest BCUT2D eigenvalue weighted by atomic mass is 16.5. The molecule has 1 amide bonds. The first-order chi connectivity index (χ1) is 13.0. The monoisotopic (exact) mass is 365 g/mol. The number of carbonyl (C=O) groups is 2. The minimum atomic E-state index is -0.994. The van der Waals surface area contributed by atoms with Crippen molar-refractivity contribution in [2.45, 2.75) is 26.9 Å². The van der Waals surface area contributed by atoms with Gasteiger partial charge in [-0.15, -0.1) is 0 Å². The largest absolute Gasteiger partial charge is 0.449 e. The Morgan fingerprint density at radius 1 is 1.11 bits per heavy atom. The van der Waals surface area contributed by atoms with Crippen molar-refractivity contribution in [3.8, 4) is 6.07 Å². The quantitative estimate of drug-likeness (QED) is 0.758. The van der Waals surface area contributed by atoms with Gasteiger partial charge in [0.05, 0.1) is 16.8 Å². The van der Waals surface area contributed by atoms with Crippen LogP contribution in [0.4, 0.5) is 11.4 Å². The molecule has 2 rings (SSSR count). The van der Waals surface area contributed by atoms with E-state index in [4.69, 9.17) is 10.00 Å². The smallest absolute Gasteiger partial charge is 0.338 e. The number of hydrogen-bond acceptors (Lipinski definition) is 5. The normalized spacial score (nSPS) is 11.2. The molecule has 1 atom stereocenters. The summed E-state index contributed by atoms with van der Waals surface area (Å²) in [5.41, 5.74) is 2.13. The van der Waals surface area contributed by atoms with Crippen molar-refractivity contribution in [3.05, 3.63) is 59.7 Å². The summed E-state index contributed by atoms with van der Waals surface area (Å²) in [6, 6.07) is 15.7. The summed E-state index contributed by atoms with van der Waals surface area (Å²) in [7, 11) is 0. The van der Waals surface area contributed by atoms with Crippen LogP contribution in [0, 0.1) is 11.3 Å². The van der Waals surface area contributed by atoms with Gasteiger partial charge in [-0.1, -0.05) is 12.1 Å². The second-order valence-corrected chi connectivity index (χ2v) is 5.91. The van der Waals surface area contributed by atoms with Crippen LogP contribution in [0.5, 0.6) is 0 Å². The highest BCUT2D eigenvalue weighted by Crippen LogP contribution is 2.17. The number of para-hydroxylation sites is 1. The van der Waals surface area contributed by atoms with Gasteiger partial charge in [-0.3, -0.25) is 4.79 Å². The number of ether oxygens (including phenoxy) is 1. The van der Waals surface area contributed by atoms with E-state index in [0.29, 0.717) is 16.8 Å². The van der Waals surface area contributed by atoms with Crippen molar-refractivity contribution in [1.82, 2.24) is 0 Å². The van der Waals surface area contributed by atoms with E-state index in [0.717, 1.165) is 18.8 Å². The van der Waals surface area contributed by atoms with Crippen molar-refractivity contribution < 1.29 is 14.3 Å². The predicted molar refractivity (Wildman–Crippen MR) is 105 cm³/mol. The van der Waals surface area contributed by atoms with Gasteiger partial charge in [0.15, 0.2) is 6.10 Å². The summed E-state index contributed by atoms with van der Waals surface area (Å²) in [6.07, 6.45) is -0.994. The number of nitrogens with zero attached hydrogens (tertiary/aromatic N) is 2. The summed E-state index contributed by atoms with van der Waals surface area (Å²) >= 11 is 0. The molecule has 0 radical (unpaired) electrons. The third kappa shape index (κ3) is 5.08. The van der Waals surface area contributed by atoms with Crippen molar-refractivity contribution in [2.24, 2.45) is 0 Å². The first kappa shape index (κ1) is 20.0. The molecular formula is C21H23N3O3. The Labute approximate surface area is 159 Å². The lowest BCUT2D eigenvalue weighted by Gasteiger charge is -2.21. The minimum absolute atomic E-state index is 0.344. The van der Waals surface area contributed by atoms with Gasteiger partial charge in [-0.2, -0.15) is 5.26 Å². The molecular weight excluding hydrogens is 342 g/mol. The maximum atomic E-state index is 12.3. The van der Waals surface area contributed by atoms with Crippen molar-refractivity contribution in [3.63, 3.8) is 0 Å². The van der Waals surface area contributed by atoms with Crippen molar-refractivity contribution in [2.75, 3.05) is 23.3 Å². The number of esters is 1. The van der Waals surface area contributed by atoms with Gasteiger partial charge in [0.1, 0.15) is 6.07 Å². The van der Waals surface area contributed by atoms with E-state index >= 15 is 0 Å². The zero-order valence-electron chi connectivity index (χ0n) is 15.7. The fraction of sp³-hybridized carbons (Fsp3) is 0.286. The van der Waals surface area contributed by atoms with Crippen molar-refractivity contribution in [1.29, 1.82) is 5.26 Å². The fourth-order valence-corrected chi connectivity index (χ4v) is 2.60. The van der Waals surface area contributed by atoms with E-state index in [1.54, 1.807) is 36.4 Å². The number of amides is 1.